The van der Waals surface area contributed by atoms with Gasteiger partial charge in [0, 0.05) is 11.3 Å². The number of anilines is 1. The number of hydrogen-bond acceptors (Lipinski definition) is 7. The molecule has 1 unspecified atom stereocenters. The second-order valence-corrected chi connectivity index (χ2v) is 8.05. The summed E-state index contributed by atoms with van der Waals surface area (Å²) < 4.78 is 20.0. The molecule has 0 aliphatic heterocycles. The van der Waals surface area contributed by atoms with E-state index in [1.807, 2.05) is 17.5 Å². The van der Waals surface area contributed by atoms with E-state index in [4.69, 9.17) is 10.5 Å². The molecule has 0 aliphatic rings. The van der Waals surface area contributed by atoms with Crippen LogP contribution in [-0.4, -0.2) is 38.7 Å². The zero-order valence-electron chi connectivity index (χ0n) is 17.8. The number of benzene rings is 2. The Hall–Kier alpha value is -4.38. The van der Waals surface area contributed by atoms with Gasteiger partial charge in [-0.15, -0.1) is 16.4 Å². The molecule has 4 aromatic rings. The van der Waals surface area contributed by atoms with E-state index in [-0.39, 0.29) is 5.82 Å². The maximum atomic E-state index is 13.4. The summed E-state index contributed by atoms with van der Waals surface area (Å²) >= 11 is 1.39. The molecule has 2 aromatic carbocycles. The molecule has 0 saturated carbocycles. The molecule has 2 amide bonds. The van der Waals surface area contributed by atoms with Gasteiger partial charge >= 0.3 is 5.97 Å². The van der Waals surface area contributed by atoms with Crippen LogP contribution < -0.4 is 11.1 Å². The fraction of sp³-hybridized carbons (Fsp3) is 0.0870. The number of rotatable bonds is 7. The van der Waals surface area contributed by atoms with Crippen molar-refractivity contribution in [2.45, 2.75) is 13.0 Å². The lowest BCUT2D eigenvalue weighted by Gasteiger charge is -2.12. The van der Waals surface area contributed by atoms with Gasteiger partial charge in [0.15, 0.2) is 11.9 Å². The third-order valence-corrected chi connectivity index (χ3v) is 5.56. The molecule has 0 aliphatic carbocycles. The van der Waals surface area contributed by atoms with Gasteiger partial charge in [-0.2, -0.15) is 4.98 Å². The number of hydrogen-bond donors (Lipinski definition) is 2. The van der Waals surface area contributed by atoms with Crippen molar-refractivity contribution in [1.82, 2.24) is 14.8 Å². The van der Waals surface area contributed by atoms with E-state index in [9.17, 15) is 18.8 Å². The normalized spacial score (nSPS) is 11.6. The van der Waals surface area contributed by atoms with E-state index >= 15 is 0 Å². The fourth-order valence-electron chi connectivity index (χ4n) is 2.95. The molecule has 1 atom stereocenters. The Balaban J connectivity index is 1.51. The smallest absolute Gasteiger partial charge is 0.379 e. The number of carbonyl (C=O) groups excluding carboxylic acids is 3. The monoisotopic (exact) mass is 479 g/mol. The number of nitrogens with zero attached hydrogens (tertiary/aromatic N) is 3. The molecule has 0 fully saturated rings. The van der Waals surface area contributed by atoms with Crippen molar-refractivity contribution in [3.8, 4) is 16.4 Å². The van der Waals surface area contributed by atoms with Crippen LogP contribution in [0.2, 0.25) is 0 Å². The Labute approximate surface area is 197 Å². The van der Waals surface area contributed by atoms with Crippen LogP contribution in [0.5, 0.6) is 0 Å². The van der Waals surface area contributed by atoms with Crippen LogP contribution in [0, 0.1) is 5.82 Å². The third kappa shape index (κ3) is 4.99. The number of nitrogens with two attached hydrogens (primary N) is 1. The molecule has 0 saturated heterocycles. The highest BCUT2D eigenvalue weighted by atomic mass is 32.1. The minimum absolute atomic E-state index is 0.252. The highest BCUT2D eigenvalue weighted by molar-refractivity contribution is 7.13. The number of esters is 1. The lowest BCUT2D eigenvalue weighted by Crippen LogP contribution is -2.30. The molecule has 9 nitrogen and oxygen atoms in total. The Morgan fingerprint density at radius 1 is 1.09 bits per heavy atom. The predicted molar refractivity (Wildman–Crippen MR) is 123 cm³/mol. The first-order valence-corrected chi connectivity index (χ1v) is 10.9. The first-order valence-electron chi connectivity index (χ1n) is 10.0. The van der Waals surface area contributed by atoms with E-state index in [1.165, 1.54) is 71.5 Å². The van der Waals surface area contributed by atoms with Crippen molar-refractivity contribution >= 4 is 34.8 Å². The van der Waals surface area contributed by atoms with Gasteiger partial charge in [0.2, 0.25) is 5.91 Å². The van der Waals surface area contributed by atoms with Crippen LogP contribution in [0.25, 0.3) is 16.4 Å². The van der Waals surface area contributed by atoms with Crippen molar-refractivity contribution in [1.29, 1.82) is 0 Å². The van der Waals surface area contributed by atoms with E-state index in [1.54, 1.807) is 0 Å². The van der Waals surface area contributed by atoms with E-state index < -0.39 is 29.7 Å². The number of carbonyl (C=O) groups is 3. The summed E-state index contributed by atoms with van der Waals surface area (Å²) in [6, 6.07) is 15.1. The van der Waals surface area contributed by atoms with Crippen molar-refractivity contribution in [3.63, 3.8) is 0 Å². The van der Waals surface area contributed by atoms with Gasteiger partial charge in [-0.3, -0.25) is 9.59 Å². The fourth-order valence-corrected chi connectivity index (χ4v) is 3.65. The molecule has 2 heterocycles. The Morgan fingerprint density at radius 2 is 1.79 bits per heavy atom. The summed E-state index contributed by atoms with van der Waals surface area (Å²) in [5.41, 5.74) is 6.39. The molecule has 0 spiro atoms. The van der Waals surface area contributed by atoms with Crippen LogP contribution in [0.15, 0.2) is 66.0 Å². The Kier molecular flexibility index (Phi) is 6.46. The summed E-state index contributed by atoms with van der Waals surface area (Å²) in [4.78, 5) is 41.3. The average molecular weight is 479 g/mol. The lowest BCUT2D eigenvalue weighted by molar-refractivity contribution is -0.123. The number of nitrogens with one attached hydrogen (secondary N) is 1. The number of halogens is 1. The summed E-state index contributed by atoms with van der Waals surface area (Å²) in [6.45, 7) is 1.40. The summed E-state index contributed by atoms with van der Waals surface area (Å²) in [5.74, 6) is -2.36. The standard InChI is InChI=1S/C23H18FN5O4S/c1-13(22(31)26-16-8-4-14(5-9-16)19(25)30)33-23(32)20-27-21(18-3-2-12-34-18)29(28-20)17-10-6-15(24)7-11-17/h2-13H,1H3,(H2,25,30)(H,26,31). The van der Waals surface area contributed by atoms with E-state index in [0.29, 0.717) is 22.8 Å². The van der Waals surface area contributed by atoms with Crippen LogP contribution in [-0.2, 0) is 9.53 Å². The molecule has 172 valence electrons. The quantitative estimate of drug-likeness (QED) is 0.391. The van der Waals surface area contributed by atoms with E-state index in [0.717, 1.165) is 4.88 Å². The molecule has 0 radical (unpaired) electrons. The number of thiophene rings is 1. The van der Waals surface area contributed by atoms with Crippen molar-refractivity contribution in [3.05, 3.63) is 83.2 Å². The topological polar surface area (TPSA) is 129 Å². The van der Waals surface area contributed by atoms with Crippen molar-refractivity contribution in [2.24, 2.45) is 5.73 Å². The highest BCUT2D eigenvalue weighted by Crippen LogP contribution is 2.26. The number of aromatic nitrogens is 3. The first kappa shape index (κ1) is 22.8. The van der Waals surface area contributed by atoms with Gasteiger partial charge in [-0.05, 0) is 66.9 Å². The summed E-state index contributed by atoms with van der Waals surface area (Å²) in [5, 5.41) is 8.66. The minimum Gasteiger partial charge on any atom is -0.447 e. The lowest BCUT2D eigenvalue weighted by atomic mass is 10.2. The van der Waals surface area contributed by atoms with Crippen LogP contribution >= 0.6 is 11.3 Å². The first-order chi connectivity index (χ1) is 16.3. The van der Waals surface area contributed by atoms with Gasteiger partial charge in [0.05, 0.1) is 10.6 Å². The number of ether oxygens (including phenoxy) is 1. The maximum Gasteiger partial charge on any atom is 0.379 e. The van der Waals surface area contributed by atoms with Gasteiger partial charge < -0.3 is 15.8 Å². The minimum atomic E-state index is -1.16. The molecule has 3 N–H and O–H groups in total. The number of primary amides is 1. The van der Waals surface area contributed by atoms with Gasteiger partial charge in [0.25, 0.3) is 11.7 Å². The highest BCUT2D eigenvalue weighted by Gasteiger charge is 2.25. The van der Waals surface area contributed by atoms with Crippen molar-refractivity contribution in [2.75, 3.05) is 5.32 Å². The summed E-state index contributed by atoms with van der Waals surface area (Å²) in [7, 11) is 0. The third-order valence-electron chi connectivity index (χ3n) is 4.69. The van der Waals surface area contributed by atoms with Crippen LogP contribution in [0.1, 0.15) is 27.9 Å². The maximum absolute atomic E-state index is 13.4. The van der Waals surface area contributed by atoms with E-state index in [2.05, 4.69) is 15.4 Å². The van der Waals surface area contributed by atoms with Gasteiger partial charge in [-0.25, -0.2) is 13.9 Å². The molecule has 4 rings (SSSR count). The van der Waals surface area contributed by atoms with Crippen LogP contribution in [0.3, 0.4) is 0 Å². The second-order valence-electron chi connectivity index (χ2n) is 7.10. The Bertz CT molecular complexity index is 1330. The molecule has 34 heavy (non-hydrogen) atoms. The molecular formula is C23H18FN5O4S. The zero-order valence-corrected chi connectivity index (χ0v) is 18.6. The predicted octanol–water partition coefficient (Wildman–Crippen LogP) is 3.42. The largest absolute Gasteiger partial charge is 0.447 e. The second kappa shape index (κ2) is 9.63. The molecule has 11 heteroatoms. The Morgan fingerprint density at radius 3 is 2.41 bits per heavy atom. The molecule has 2 aromatic heterocycles. The van der Waals surface area contributed by atoms with Crippen molar-refractivity contribution < 1.29 is 23.5 Å². The van der Waals surface area contributed by atoms with Gasteiger partial charge in [0.1, 0.15) is 5.82 Å². The number of amides is 2. The zero-order chi connectivity index (χ0) is 24.2. The molecular weight excluding hydrogens is 461 g/mol. The van der Waals surface area contributed by atoms with Gasteiger partial charge in [-0.1, -0.05) is 6.07 Å². The SMILES string of the molecule is CC(OC(=O)c1nc(-c2cccs2)n(-c2ccc(F)cc2)n1)C(=O)Nc1ccc(C(N)=O)cc1. The van der Waals surface area contributed by atoms with Crippen LogP contribution in [0.4, 0.5) is 10.1 Å². The summed E-state index contributed by atoms with van der Waals surface area (Å²) in [6.07, 6.45) is -1.16. The molecule has 0 bridgehead atoms. The average Bonchev–Trinajstić information content (AvgIpc) is 3.50.